The molecule has 27 heavy (non-hydrogen) atoms. The number of halogens is 1. The van der Waals surface area contributed by atoms with Gasteiger partial charge in [0.15, 0.2) is 0 Å². The van der Waals surface area contributed by atoms with Crippen molar-refractivity contribution >= 4 is 35.2 Å². The van der Waals surface area contributed by atoms with E-state index in [-0.39, 0.29) is 17.0 Å². The highest BCUT2D eigenvalue weighted by molar-refractivity contribution is 6.33. The van der Waals surface area contributed by atoms with Gasteiger partial charge in [-0.2, -0.15) is 0 Å². The molecule has 0 saturated heterocycles. The van der Waals surface area contributed by atoms with Crippen LogP contribution in [0.25, 0.3) is 17.4 Å². The lowest BCUT2D eigenvalue weighted by Crippen LogP contribution is -2.08. The average molecular weight is 384 g/mol. The van der Waals surface area contributed by atoms with Crippen LogP contribution < -0.4 is 5.32 Å². The molecule has 0 fully saturated rings. The SMILES string of the molecule is O=C(/C=C/c1ccc(-c2ccccc2Cl)o1)Nc1ccc(O)c(C(=O)O)c1. The van der Waals surface area contributed by atoms with Crippen LogP contribution in [0.3, 0.4) is 0 Å². The summed E-state index contributed by atoms with van der Waals surface area (Å²) in [6.45, 7) is 0. The van der Waals surface area contributed by atoms with Crippen molar-refractivity contribution in [1.29, 1.82) is 0 Å². The van der Waals surface area contributed by atoms with Crippen molar-refractivity contribution in [2.45, 2.75) is 0 Å². The fourth-order valence-electron chi connectivity index (χ4n) is 2.38. The molecular formula is C20H14ClNO5. The maximum atomic E-state index is 12.0. The van der Waals surface area contributed by atoms with E-state index in [1.807, 2.05) is 18.2 Å². The molecule has 0 bridgehead atoms. The number of hydrogen-bond donors (Lipinski definition) is 3. The molecule has 0 saturated carbocycles. The van der Waals surface area contributed by atoms with E-state index in [0.717, 1.165) is 5.56 Å². The van der Waals surface area contributed by atoms with Gasteiger partial charge in [-0.15, -0.1) is 0 Å². The Bertz CT molecular complexity index is 1040. The third-order valence-electron chi connectivity index (χ3n) is 3.66. The molecular weight excluding hydrogens is 370 g/mol. The Morgan fingerprint density at radius 2 is 1.85 bits per heavy atom. The van der Waals surface area contributed by atoms with E-state index in [2.05, 4.69) is 5.32 Å². The summed E-state index contributed by atoms with van der Waals surface area (Å²) in [7, 11) is 0. The molecule has 7 heteroatoms. The number of hydrogen-bond acceptors (Lipinski definition) is 4. The zero-order valence-electron chi connectivity index (χ0n) is 13.8. The Balaban J connectivity index is 1.70. The highest BCUT2D eigenvalue weighted by atomic mass is 35.5. The van der Waals surface area contributed by atoms with E-state index in [4.69, 9.17) is 21.1 Å². The topological polar surface area (TPSA) is 99.8 Å². The standard InChI is InChI=1S/C20H14ClNO5/c21-16-4-2-1-3-14(16)18-9-6-13(27-18)7-10-19(24)22-12-5-8-17(23)15(11-12)20(25)26/h1-11,23H,(H,22,24)(H,25,26)/b10-7+. The Morgan fingerprint density at radius 3 is 2.59 bits per heavy atom. The summed E-state index contributed by atoms with van der Waals surface area (Å²) in [5.74, 6) is -1.12. The second kappa shape index (κ2) is 7.80. The first-order valence-corrected chi connectivity index (χ1v) is 8.22. The molecule has 0 aliphatic carbocycles. The number of phenols is 1. The normalized spacial score (nSPS) is 10.9. The molecule has 1 heterocycles. The van der Waals surface area contributed by atoms with Crippen molar-refractivity contribution in [2.24, 2.45) is 0 Å². The van der Waals surface area contributed by atoms with Crippen LogP contribution in [-0.2, 0) is 4.79 Å². The van der Waals surface area contributed by atoms with Gasteiger partial charge in [-0.3, -0.25) is 4.79 Å². The maximum Gasteiger partial charge on any atom is 0.339 e. The molecule has 0 aliphatic heterocycles. The number of benzene rings is 2. The number of carboxylic acid groups (broad SMARTS) is 1. The molecule has 136 valence electrons. The smallest absolute Gasteiger partial charge is 0.339 e. The van der Waals surface area contributed by atoms with Gasteiger partial charge in [-0.05, 0) is 48.5 Å². The van der Waals surface area contributed by atoms with Gasteiger partial charge in [-0.1, -0.05) is 23.7 Å². The number of amides is 1. The summed E-state index contributed by atoms with van der Waals surface area (Å²) in [6.07, 6.45) is 2.73. The molecule has 0 unspecified atom stereocenters. The van der Waals surface area contributed by atoms with Crippen molar-refractivity contribution in [3.8, 4) is 17.1 Å². The Kier molecular flexibility index (Phi) is 5.28. The summed E-state index contributed by atoms with van der Waals surface area (Å²) in [6, 6.07) is 14.5. The molecule has 0 radical (unpaired) electrons. The van der Waals surface area contributed by atoms with Gasteiger partial charge in [0.05, 0.1) is 5.02 Å². The number of rotatable bonds is 5. The summed E-state index contributed by atoms with van der Waals surface area (Å²) >= 11 is 6.13. The molecule has 0 aliphatic rings. The third-order valence-corrected chi connectivity index (χ3v) is 3.99. The van der Waals surface area contributed by atoms with Crippen molar-refractivity contribution in [1.82, 2.24) is 0 Å². The van der Waals surface area contributed by atoms with Crippen molar-refractivity contribution in [2.75, 3.05) is 5.32 Å². The van der Waals surface area contributed by atoms with Crippen molar-refractivity contribution < 1.29 is 24.2 Å². The van der Waals surface area contributed by atoms with Gasteiger partial charge in [0, 0.05) is 17.3 Å². The number of carbonyl (C=O) groups excluding carboxylic acids is 1. The summed E-state index contributed by atoms with van der Waals surface area (Å²) in [5, 5.41) is 21.5. The van der Waals surface area contributed by atoms with Crippen LogP contribution in [0.2, 0.25) is 5.02 Å². The minimum absolute atomic E-state index is 0.246. The van der Waals surface area contributed by atoms with Gasteiger partial charge in [0.2, 0.25) is 5.91 Å². The summed E-state index contributed by atoms with van der Waals surface area (Å²) in [4.78, 5) is 23.0. The number of aromatic carboxylic acids is 1. The lowest BCUT2D eigenvalue weighted by Gasteiger charge is -2.05. The third kappa shape index (κ3) is 4.37. The molecule has 1 amide bonds. The average Bonchev–Trinajstić information content (AvgIpc) is 3.10. The number of furan rings is 1. The van der Waals surface area contributed by atoms with Crippen LogP contribution in [0.15, 0.2) is 65.1 Å². The van der Waals surface area contributed by atoms with Crippen LogP contribution in [-0.4, -0.2) is 22.1 Å². The number of aromatic hydroxyl groups is 1. The quantitative estimate of drug-likeness (QED) is 0.439. The van der Waals surface area contributed by atoms with E-state index in [0.29, 0.717) is 16.5 Å². The van der Waals surface area contributed by atoms with Gasteiger partial charge < -0.3 is 19.9 Å². The summed E-state index contributed by atoms with van der Waals surface area (Å²) < 4.78 is 5.66. The van der Waals surface area contributed by atoms with Crippen LogP contribution in [0.4, 0.5) is 5.69 Å². The van der Waals surface area contributed by atoms with Gasteiger partial charge in [0.25, 0.3) is 0 Å². The van der Waals surface area contributed by atoms with Crippen molar-refractivity contribution in [3.05, 3.63) is 77.0 Å². The predicted octanol–water partition coefficient (Wildman–Crippen LogP) is 4.66. The molecule has 3 rings (SSSR count). The van der Waals surface area contributed by atoms with Crippen molar-refractivity contribution in [3.63, 3.8) is 0 Å². The molecule has 0 atom stereocenters. The number of anilines is 1. The molecule has 3 aromatic rings. The van der Waals surface area contributed by atoms with E-state index in [9.17, 15) is 14.7 Å². The molecule has 6 nitrogen and oxygen atoms in total. The van der Waals surface area contributed by atoms with Gasteiger partial charge in [0.1, 0.15) is 22.8 Å². The lowest BCUT2D eigenvalue weighted by atomic mass is 10.2. The second-order valence-electron chi connectivity index (χ2n) is 5.54. The van der Waals surface area contributed by atoms with E-state index in [1.54, 1.807) is 18.2 Å². The van der Waals surface area contributed by atoms with E-state index in [1.165, 1.54) is 30.4 Å². The molecule has 1 aromatic heterocycles. The maximum absolute atomic E-state index is 12.0. The lowest BCUT2D eigenvalue weighted by molar-refractivity contribution is -0.111. The number of carbonyl (C=O) groups is 2. The highest BCUT2D eigenvalue weighted by Gasteiger charge is 2.11. The van der Waals surface area contributed by atoms with Crippen LogP contribution in [0.5, 0.6) is 5.75 Å². The predicted molar refractivity (Wildman–Crippen MR) is 102 cm³/mol. The molecule has 2 aromatic carbocycles. The fourth-order valence-corrected chi connectivity index (χ4v) is 2.60. The number of nitrogens with one attached hydrogen (secondary N) is 1. The largest absolute Gasteiger partial charge is 0.507 e. The Labute approximate surface area is 159 Å². The van der Waals surface area contributed by atoms with E-state index >= 15 is 0 Å². The first kappa shape index (κ1) is 18.3. The van der Waals surface area contributed by atoms with E-state index < -0.39 is 11.9 Å². The minimum Gasteiger partial charge on any atom is -0.507 e. The fraction of sp³-hybridized carbons (Fsp3) is 0. The second-order valence-corrected chi connectivity index (χ2v) is 5.95. The molecule has 0 spiro atoms. The first-order chi connectivity index (χ1) is 12.9. The van der Waals surface area contributed by atoms with Crippen LogP contribution in [0.1, 0.15) is 16.1 Å². The number of carboxylic acids is 1. The summed E-state index contributed by atoms with van der Waals surface area (Å²) in [5.41, 5.74) is 0.691. The highest BCUT2D eigenvalue weighted by Crippen LogP contribution is 2.29. The first-order valence-electron chi connectivity index (χ1n) is 7.84. The minimum atomic E-state index is -1.29. The Hall–Kier alpha value is -3.51. The Morgan fingerprint density at radius 1 is 1.07 bits per heavy atom. The van der Waals surface area contributed by atoms with Gasteiger partial charge >= 0.3 is 5.97 Å². The van der Waals surface area contributed by atoms with Crippen LogP contribution >= 0.6 is 11.6 Å². The zero-order valence-corrected chi connectivity index (χ0v) is 14.6. The molecule has 3 N–H and O–H groups in total. The monoisotopic (exact) mass is 383 g/mol. The van der Waals surface area contributed by atoms with Crippen LogP contribution in [0, 0.1) is 0 Å². The zero-order chi connectivity index (χ0) is 19.4. The van der Waals surface area contributed by atoms with Gasteiger partial charge in [-0.25, -0.2) is 4.79 Å².